The molecule has 0 saturated heterocycles. The molecular weight excluding hydrogens is 400 g/mol. The monoisotopic (exact) mass is 412 g/mol. The number of nitrogens with one attached hydrogen (secondary N) is 1. The van der Waals surface area contributed by atoms with E-state index in [4.69, 9.17) is 16.7 Å². The maximum absolute atomic E-state index is 12.8. The molecule has 0 aliphatic carbocycles. The van der Waals surface area contributed by atoms with Crippen molar-refractivity contribution in [2.24, 2.45) is 5.14 Å². The standard InChI is InChI=1S/C19H13ClN4O3S/c20-16-4-2-12(6-18(16)28(21,26)27)19(25)11-1-3-14-15(9-24-17(14)5-11)13-7-22-10-23-8-13/h1-10,24H,(H2,21,26,27). The Morgan fingerprint density at radius 3 is 2.43 bits per heavy atom. The molecule has 0 fully saturated rings. The summed E-state index contributed by atoms with van der Waals surface area (Å²) in [5.74, 6) is -0.345. The van der Waals surface area contributed by atoms with Crippen LogP contribution < -0.4 is 5.14 Å². The zero-order valence-electron chi connectivity index (χ0n) is 14.3. The number of H-pyrrole nitrogens is 1. The van der Waals surface area contributed by atoms with E-state index in [-0.39, 0.29) is 21.3 Å². The second-order valence-corrected chi connectivity index (χ2v) is 8.05. The first-order valence-electron chi connectivity index (χ1n) is 8.08. The first kappa shape index (κ1) is 18.3. The summed E-state index contributed by atoms with van der Waals surface area (Å²) in [5, 5.41) is 6.04. The number of benzene rings is 2. The van der Waals surface area contributed by atoms with Gasteiger partial charge in [-0.05, 0) is 24.3 Å². The van der Waals surface area contributed by atoms with Gasteiger partial charge in [0.15, 0.2) is 5.78 Å². The summed E-state index contributed by atoms with van der Waals surface area (Å²) in [6.45, 7) is 0. The number of halogens is 1. The summed E-state index contributed by atoms with van der Waals surface area (Å²) in [6, 6.07) is 9.19. The Morgan fingerprint density at radius 1 is 1.04 bits per heavy atom. The third-order valence-corrected chi connectivity index (χ3v) is 5.71. The molecule has 2 heterocycles. The fourth-order valence-electron chi connectivity index (χ4n) is 2.97. The van der Waals surface area contributed by atoms with E-state index in [1.807, 2.05) is 12.3 Å². The van der Waals surface area contributed by atoms with Crippen LogP contribution in [0.25, 0.3) is 22.0 Å². The van der Waals surface area contributed by atoms with Crippen LogP contribution in [-0.2, 0) is 10.0 Å². The number of aromatic amines is 1. The lowest BCUT2D eigenvalue weighted by Gasteiger charge is -2.06. The van der Waals surface area contributed by atoms with Crippen LogP contribution in [0.15, 0.2) is 66.2 Å². The van der Waals surface area contributed by atoms with E-state index in [0.29, 0.717) is 5.56 Å². The molecule has 4 rings (SSSR count). The molecule has 0 spiro atoms. The number of fused-ring (bicyclic) bond motifs is 1. The third kappa shape index (κ3) is 3.29. The van der Waals surface area contributed by atoms with E-state index in [2.05, 4.69) is 15.0 Å². The summed E-state index contributed by atoms with van der Waals surface area (Å²) in [4.78, 5) is 23.7. The Labute approximate surface area is 165 Å². The average Bonchev–Trinajstić information content (AvgIpc) is 3.11. The molecule has 7 nitrogen and oxygen atoms in total. The lowest BCUT2D eigenvalue weighted by atomic mass is 10.0. The van der Waals surface area contributed by atoms with Crippen molar-refractivity contribution in [2.45, 2.75) is 4.90 Å². The van der Waals surface area contributed by atoms with Crippen LogP contribution in [0.3, 0.4) is 0 Å². The van der Waals surface area contributed by atoms with Gasteiger partial charge >= 0.3 is 0 Å². The highest BCUT2D eigenvalue weighted by molar-refractivity contribution is 7.89. The number of aromatic nitrogens is 3. The van der Waals surface area contributed by atoms with Crippen molar-refractivity contribution in [2.75, 3.05) is 0 Å². The maximum Gasteiger partial charge on any atom is 0.239 e. The van der Waals surface area contributed by atoms with Crippen LogP contribution in [0.1, 0.15) is 15.9 Å². The highest BCUT2D eigenvalue weighted by Crippen LogP contribution is 2.29. The predicted octanol–water partition coefficient (Wildman–Crippen LogP) is 3.16. The van der Waals surface area contributed by atoms with Gasteiger partial charge in [0.25, 0.3) is 0 Å². The molecule has 0 bridgehead atoms. The molecule has 140 valence electrons. The number of carbonyl (C=O) groups is 1. The molecule has 9 heteroatoms. The summed E-state index contributed by atoms with van der Waals surface area (Å²) in [6.07, 6.45) is 6.68. The van der Waals surface area contributed by atoms with Gasteiger partial charge in [-0.2, -0.15) is 0 Å². The first-order chi connectivity index (χ1) is 13.3. The Kier molecular flexibility index (Phi) is 4.46. The molecule has 0 amide bonds. The molecule has 4 aromatic rings. The summed E-state index contributed by atoms with van der Waals surface area (Å²) >= 11 is 5.88. The van der Waals surface area contributed by atoms with E-state index in [9.17, 15) is 13.2 Å². The van der Waals surface area contributed by atoms with Gasteiger partial charge in [-0.25, -0.2) is 23.5 Å². The van der Waals surface area contributed by atoms with Crippen molar-refractivity contribution in [3.63, 3.8) is 0 Å². The molecule has 0 atom stereocenters. The molecule has 28 heavy (non-hydrogen) atoms. The molecule has 3 N–H and O–H groups in total. The maximum atomic E-state index is 12.8. The zero-order chi connectivity index (χ0) is 19.9. The molecule has 0 aliphatic rings. The number of hydrogen-bond acceptors (Lipinski definition) is 5. The van der Waals surface area contributed by atoms with Gasteiger partial charge in [0.1, 0.15) is 11.2 Å². The predicted molar refractivity (Wildman–Crippen MR) is 106 cm³/mol. The Bertz CT molecular complexity index is 1320. The minimum atomic E-state index is -4.04. The van der Waals surface area contributed by atoms with Gasteiger partial charge < -0.3 is 4.98 Å². The van der Waals surface area contributed by atoms with Crippen LogP contribution in [-0.4, -0.2) is 29.2 Å². The number of carbonyl (C=O) groups excluding carboxylic acids is 1. The van der Waals surface area contributed by atoms with Crippen LogP contribution >= 0.6 is 11.6 Å². The van der Waals surface area contributed by atoms with Crippen molar-refractivity contribution in [3.8, 4) is 11.1 Å². The molecule has 0 saturated carbocycles. The van der Waals surface area contributed by atoms with Gasteiger partial charge in [0.05, 0.1) is 5.02 Å². The fraction of sp³-hybridized carbons (Fsp3) is 0. The smallest absolute Gasteiger partial charge is 0.239 e. The highest BCUT2D eigenvalue weighted by atomic mass is 35.5. The fourth-order valence-corrected chi connectivity index (χ4v) is 4.05. The first-order valence-corrected chi connectivity index (χ1v) is 10.0. The van der Waals surface area contributed by atoms with Crippen molar-refractivity contribution < 1.29 is 13.2 Å². The van der Waals surface area contributed by atoms with Crippen molar-refractivity contribution in [3.05, 3.63) is 77.5 Å². The zero-order valence-corrected chi connectivity index (χ0v) is 15.8. The Hall–Kier alpha value is -3.07. The quantitative estimate of drug-likeness (QED) is 0.499. The molecular formula is C19H13ClN4O3S. The average molecular weight is 413 g/mol. The second-order valence-electron chi connectivity index (χ2n) is 6.11. The van der Waals surface area contributed by atoms with Crippen molar-refractivity contribution >= 4 is 38.3 Å². The largest absolute Gasteiger partial charge is 0.361 e. The number of primary sulfonamides is 1. The van der Waals surface area contributed by atoms with Crippen LogP contribution in [0.2, 0.25) is 5.02 Å². The minimum Gasteiger partial charge on any atom is -0.361 e. The SMILES string of the molecule is NS(=O)(=O)c1cc(C(=O)c2ccc3c(-c4cncnc4)c[nH]c3c2)ccc1Cl. The molecule has 0 radical (unpaired) electrons. The normalized spacial score (nSPS) is 11.6. The topological polar surface area (TPSA) is 119 Å². The van der Waals surface area contributed by atoms with Crippen molar-refractivity contribution in [1.82, 2.24) is 15.0 Å². The van der Waals surface area contributed by atoms with Crippen molar-refractivity contribution in [1.29, 1.82) is 0 Å². The summed E-state index contributed by atoms with van der Waals surface area (Å²) < 4.78 is 23.3. The molecule has 0 unspecified atom stereocenters. The van der Waals surface area contributed by atoms with E-state index in [0.717, 1.165) is 22.0 Å². The molecule has 0 aliphatic heterocycles. The number of ketones is 1. The van der Waals surface area contributed by atoms with E-state index in [1.54, 1.807) is 24.5 Å². The minimum absolute atomic E-state index is 0.0337. The van der Waals surface area contributed by atoms with Gasteiger partial charge in [-0.15, -0.1) is 0 Å². The number of rotatable bonds is 4. The van der Waals surface area contributed by atoms with E-state index in [1.165, 1.54) is 24.5 Å². The van der Waals surface area contributed by atoms with Crippen LogP contribution in [0, 0.1) is 0 Å². The Morgan fingerprint density at radius 2 is 1.71 bits per heavy atom. The highest BCUT2D eigenvalue weighted by Gasteiger charge is 2.18. The molecule has 2 aromatic heterocycles. The van der Waals surface area contributed by atoms with Crippen LogP contribution in [0.4, 0.5) is 0 Å². The van der Waals surface area contributed by atoms with Gasteiger partial charge in [0.2, 0.25) is 10.0 Å². The van der Waals surface area contributed by atoms with E-state index >= 15 is 0 Å². The lowest BCUT2D eigenvalue weighted by molar-refractivity contribution is 0.103. The lowest BCUT2D eigenvalue weighted by Crippen LogP contribution is -2.14. The molecule has 2 aromatic carbocycles. The van der Waals surface area contributed by atoms with Gasteiger partial charge in [-0.1, -0.05) is 23.7 Å². The number of hydrogen-bond donors (Lipinski definition) is 2. The van der Waals surface area contributed by atoms with Crippen LogP contribution in [0.5, 0.6) is 0 Å². The summed E-state index contributed by atoms with van der Waals surface area (Å²) in [7, 11) is -4.04. The number of nitrogens with two attached hydrogens (primary N) is 1. The Balaban J connectivity index is 1.75. The second kappa shape index (κ2) is 6.83. The number of sulfonamides is 1. The van der Waals surface area contributed by atoms with E-state index < -0.39 is 10.0 Å². The third-order valence-electron chi connectivity index (χ3n) is 4.32. The van der Waals surface area contributed by atoms with Gasteiger partial charge in [0, 0.05) is 51.7 Å². The van der Waals surface area contributed by atoms with Gasteiger partial charge in [-0.3, -0.25) is 4.79 Å². The summed E-state index contributed by atoms with van der Waals surface area (Å²) in [5.41, 5.74) is 3.09. The number of nitrogens with zero attached hydrogens (tertiary/aromatic N) is 2.